The number of hydrogen-bond acceptors (Lipinski definition) is 2. The highest BCUT2D eigenvalue weighted by Gasteiger charge is 2.23. The van der Waals surface area contributed by atoms with Gasteiger partial charge in [0.2, 0.25) is 0 Å². The summed E-state index contributed by atoms with van der Waals surface area (Å²) in [6.45, 7) is 0. The maximum atomic E-state index is 2.48. The van der Waals surface area contributed by atoms with Crippen molar-refractivity contribution in [3.05, 3.63) is 176 Å². The van der Waals surface area contributed by atoms with E-state index >= 15 is 0 Å². The van der Waals surface area contributed by atoms with Gasteiger partial charge in [-0.2, -0.15) is 0 Å². The van der Waals surface area contributed by atoms with Crippen LogP contribution >= 0.6 is 11.3 Å². The van der Waals surface area contributed by atoms with Crippen molar-refractivity contribution >= 4 is 70.1 Å². The largest absolute Gasteiger partial charge is 0.309 e. The predicted molar refractivity (Wildman–Crippen MR) is 200 cm³/mol. The molecule has 0 aliphatic carbocycles. The smallest absolute Gasteiger partial charge is 0.0561 e. The Morgan fingerprint density at radius 1 is 0.391 bits per heavy atom. The number of hydrogen-bond donors (Lipinski definition) is 0. The summed E-state index contributed by atoms with van der Waals surface area (Å²) in [6.07, 6.45) is 0. The second-order valence-corrected chi connectivity index (χ2v) is 12.8. The van der Waals surface area contributed by atoms with E-state index in [1.807, 2.05) is 11.3 Å². The van der Waals surface area contributed by atoms with Crippen molar-refractivity contribution in [1.29, 1.82) is 0 Å². The van der Waals surface area contributed by atoms with Crippen LogP contribution in [0.5, 0.6) is 0 Å². The van der Waals surface area contributed by atoms with Crippen LogP contribution in [0.25, 0.3) is 64.0 Å². The molecule has 2 heteroatoms. The van der Waals surface area contributed by atoms with E-state index in [2.05, 4.69) is 181 Å². The lowest BCUT2D eigenvalue weighted by Gasteiger charge is -2.29. The van der Waals surface area contributed by atoms with Gasteiger partial charge in [0.25, 0.3) is 0 Å². The number of para-hydroxylation sites is 1. The van der Waals surface area contributed by atoms with Crippen LogP contribution in [0.3, 0.4) is 0 Å². The lowest BCUT2D eigenvalue weighted by molar-refractivity contribution is 1.30. The molecule has 0 atom stereocenters. The second-order valence-electron chi connectivity index (χ2n) is 11.7. The number of thiophene rings is 1. The van der Waals surface area contributed by atoms with Crippen LogP contribution in [-0.4, -0.2) is 0 Å². The third-order valence-electron chi connectivity index (χ3n) is 9.05. The van der Waals surface area contributed by atoms with Crippen molar-refractivity contribution in [2.24, 2.45) is 0 Å². The highest BCUT2D eigenvalue weighted by atomic mass is 32.1. The SMILES string of the molecule is c1ccc(-c2ccccc2N(c2ccc(-c3cccc4ccccc34)cc2)c2cc3ccccc3c3sc4ccccc4c23)cc1. The minimum atomic E-state index is 1.12. The Morgan fingerprint density at radius 2 is 1.00 bits per heavy atom. The molecule has 216 valence electrons. The van der Waals surface area contributed by atoms with Gasteiger partial charge in [0.1, 0.15) is 0 Å². The van der Waals surface area contributed by atoms with Crippen molar-refractivity contribution in [1.82, 2.24) is 0 Å². The van der Waals surface area contributed by atoms with E-state index in [0.29, 0.717) is 0 Å². The summed E-state index contributed by atoms with van der Waals surface area (Å²) >= 11 is 1.89. The van der Waals surface area contributed by atoms with Crippen LogP contribution in [-0.2, 0) is 0 Å². The van der Waals surface area contributed by atoms with Gasteiger partial charge in [0, 0.05) is 31.4 Å². The molecule has 1 aromatic heterocycles. The zero-order chi connectivity index (χ0) is 30.5. The topological polar surface area (TPSA) is 3.24 Å². The molecule has 0 unspecified atom stereocenters. The van der Waals surface area contributed by atoms with E-state index in [-0.39, 0.29) is 0 Å². The third kappa shape index (κ3) is 4.38. The van der Waals surface area contributed by atoms with Crippen LogP contribution in [0.4, 0.5) is 17.1 Å². The number of fused-ring (bicyclic) bond motifs is 6. The Balaban J connectivity index is 1.33. The molecule has 0 amide bonds. The van der Waals surface area contributed by atoms with Crippen LogP contribution in [0.1, 0.15) is 0 Å². The van der Waals surface area contributed by atoms with Crippen LogP contribution in [0, 0.1) is 0 Å². The van der Waals surface area contributed by atoms with Gasteiger partial charge in [0.15, 0.2) is 0 Å². The molecule has 1 nitrogen and oxygen atoms in total. The summed E-state index contributed by atoms with van der Waals surface area (Å²) in [5.41, 5.74) is 8.31. The lowest BCUT2D eigenvalue weighted by atomic mass is 9.97. The normalized spacial score (nSPS) is 11.5. The minimum Gasteiger partial charge on any atom is -0.309 e. The molecule has 0 aliphatic heterocycles. The van der Waals surface area contributed by atoms with E-state index in [0.717, 1.165) is 11.4 Å². The van der Waals surface area contributed by atoms with Gasteiger partial charge in [-0.3, -0.25) is 0 Å². The van der Waals surface area contributed by atoms with Crippen LogP contribution in [0.15, 0.2) is 176 Å². The van der Waals surface area contributed by atoms with Crippen molar-refractivity contribution in [3.63, 3.8) is 0 Å². The Hall–Kier alpha value is -5.70. The quantitative estimate of drug-likeness (QED) is 0.189. The molecule has 0 aliphatic rings. The molecule has 9 aromatic rings. The lowest BCUT2D eigenvalue weighted by Crippen LogP contribution is -2.11. The minimum absolute atomic E-state index is 1.12. The van der Waals surface area contributed by atoms with Gasteiger partial charge in [-0.05, 0) is 68.6 Å². The fraction of sp³-hybridized carbons (Fsp3) is 0. The fourth-order valence-corrected chi connectivity index (χ4v) is 8.18. The van der Waals surface area contributed by atoms with Gasteiger partial charge < -0.3 is 4.90 Å². The maximum absolute atomic E-state index is 2.48. The summed E-state index contributed by atoms with van der Waals surface area (Å²) in [5, 5.41) is 7.64. The zero-order valence-corrected chi connectivity index (χ0v) is 25.9. The zero-order valence-electron chi connectivity index (χ0n) is 25.1. The van der Waals surface area contributed by atoms with Gasteiger partial charge in [-0.25, -0.2) is 0 Å². The molecular formula is C44H29NS. The molecule has 46 heavy (non-hydrogen) atoms. The third-order valence-corrected chi connectivity index (χ3v) is 10.3. The molecule has 9 rings (SSSR count). The average Bonchev–Trinajstić information content (AvgIpc) is 3.53. The Labute approximate surface area is 272 Å². The van der Waals surface area contributed by atoms with Crippen LogP contribution < -0.4 is 4.90 Å². The second kappa shape index (κ2) is 11.0. The summed E-state index contributed by atoms with van der Waals surface area (Å²) < 4.78 is 2.63. The van der Waals surface area contributed by atoms with Gasteiger partial charge in [0.05, 0.1) is 11.4 Å². The number of rotatable bonds is 5. The number of benzene rings is 8. The first kappa shape index (κ1) is 26.7. The van der Waals surface area contributed by atoms with Crippen molar-refractivity contribution in [2.45, 2.75) is 0 Å². The molecule has 0 fully saturated rings. The molecular weight excluding hydrogens is 575 g/mol. The first-order valence-corrected chi connectivity index (χ1v) is 16.5. The Morgan fingerprint density at radius 3 is 1.85 bits per heavy atom. The molecule has 0 saturated carbocycles. The fourth-order valence-electron chi connectivity index (χ4n) is 6.92. The highest BCUT2D eigenvalue weighted by molar-refractivity contribution is 7.26. The van der Waals surface area contributed by atoms with E-state index in [1.54, 1.807) is 0 Å². The van der Waals surface area contributed by atoms with Gasteiger partial charge in [-0.15, -0.1) is 11.3 Å². The predicted octanol–water partition coefficient (Wildman–Crippen LogP) is 13.2. The molecule has 0 bridgehead atoms. The Bertz CT molecular complexity index is 2520. The van der Waals surface area contributed by atoms with E-state index < -0.39 is 0 Å². The maximum Gasteiger partial charge on any atom is 0.0561 e. The number of anilines is 3. The van der Waals surface area contributed by atoms with E-state index in [4.69, 9.17) is 0 Å². The average molecular weight is 604 g/mol. The number of nitrogens with zero attached hydrogens (tertiary/aromatic N) is 1. The van der Waals surface area contributed by atoms with Gasteiger partial charge >= 0.3 is 0 Å². The summed E-state index contributed by atoms with van der Waals surface area (Å²) in [7, 11) is 0. The standard InChI is InChI=1S/C44H29NS/c1-2-13-31(14-3-1)37-19-8-10-23-40(37)45(34-27-25-32(26-28-34)36-22-12-17-30-15-4-6-18-35(30)36)41-29-33-16-5-7-20-38(33)44-43(41)39-21-9-11-24-42(39)46-44/h1-29H. The molecule has 8 aromatic carbocycles. The van der Waals surface area contributed by atoms with Gasteiger partial charge in [-0.1, -0.05) is 146 Å². The highest BCUT2D eigenvalue weighted by Crippen LogP contribution is 2.49. The summed E-state index contributed by atoms with van der Waals surface area (Å²) in [6, 6.07) is 63.9. The first-order chi connectivity index (χ1) is 22.8. The van der Waals surface area contributed by atoms with Crippen molar-refractivity contribution < 1.29 is 0 Å². The molecule has 0 radical (unpaired) electrons. The first-order valence-electron chi connectivity index (χ1n) is 15.7. The van der Waals surface area contributed by atoms with E-state index in [1.165, 1.54) is 69.7 Å². The summed E-state index contributed by atoms with van der Waals surface area (Å²) in [5.74, 6) is 0. The monoisotopic (exact) mass is 603 g/mol. The molecule has 1 heterocycles. The van der Waals surface area contributed by atoms with Crippen molar-refractivity contribution in [2.75, 3.05) is 4.90 Å². The molecule has 0 spiro atoms. The molecule has 0 N–H and O–H groups in total. The van der Waals surface area contributed by atoms with Crippen LogP contribution in [0.2, 0.25) is 0 Å². The van der Waals surface area contributed by atoms with E-state index in [9.17, 15) is 0 Å². The Kier molecular flexibility index (Phi) is 6.40. The molecule has 0 saturated heterocycles. The summed E-state index contributed by atoms with van der Waals surface area (Å²) in [4.78, 5) is 2.48. The van der Waals surface area contributed by atoms with Crippen molar-refractivity contribution in [3.8, 4) is 22.3 Å².